The van der Waals surface area contributed by atoms with Crippen molar-refractivity contribution < 1.29 is 19.5 Å². The average Bonchev–Trinajstić information content (AvgIpc) is 3.05. The van der Waals surface area contributed by atoms with Crippen molar-refractivity contribution >= 4 is 51.7 Å². The Morgan fingerprint density at radius 2 is 2.38 bits per heavy atom. The quantitative estimate of drug-likeness (QED) is 0.522. The minimum Gasteiger partial charge on any atom is -0.476 e. The molecule has 2 heterocycles. The van der Waals surface area contributed by atoms with E-state index >= 15 is 0 Å². The summed E-state index contributed by atoms with van der Waals surface area (Å²) in [5.41, 5.74) is -0.327. The molecule has 3 amide bonds. The second-order valence-corrected chi connectivity index (χ2v) is 4.95. The van der Waals surface area contributed by atoms with Gasteiger partial charge in [-0.1, -0.05) is 0 Å². The van der Waals surface area contributed by atoms with E-state index in [1.807, 2.05) is 0 Å². The second kappa shape index (κ2) is 6.50. The van der Waals surface area contributed by atoms with Crippen LogP contribution in [-0.2, 0) is 9.59 Å². The van der Waals surface area contributed by atoms with E-state index in [-0.39, 0.29) is 29.0 Å². The Bertz CT molecular complexity index is 616. The molecule has 3 N–H and O–H groups in total. The summed E-state index contributed by atoms with van der Waals surface area (Å²) in [5.74, 6) is -2.01. The number of hydrogen-bond donors (Lipinski definition) is 3. The lowest BCUT2D eigenvalue weighted by atomic mass is 10.3. The van der Waals surface area contributed by atoms with E-state index in [0.29, 0.717) is 6.54 Å². The Morgan fingerprint density at radius 1 is 1.62 bits per heavy atom. The zero-order chi connectivity index (χ0) is 15.4. The van der Waals surface area contributed by atoms with Crippen molar-refractivity contribution in [3.8, 4) is 0 Å². The van der Waals surface area contributed by atoms with Gasteiger partial charge in [-0.25, -0.2) is 19.6 Å². The number of anilines is 1. The molecule has 11 heteroatoms. The van der Waals surface area contributed by atoms with Crippen molar-refractivity contribution in [2.75, 3.05) is 24.3 Å². The van der Waals surface area contributed by atoms with Crippen molar-refractivity contribution in [1.82, 2.24) is 15.3 Å². The summed E-state index contributed by atoms with van der Waals surface area (Å²) in [6, 6.07) is -0.473. The fourth-order valence-electron chi connectivity index (χ4n) is 1.47. The smallest absolute Gasteiger partial charge is 0.358 e. The first-order chi connectivity index (χ1) is 10.0. The molecule has 0 aromatic carbocycles. The highest BCUT2D eigenvalue weighted by Gasteiger charge is 2.24. The zero-order valence-electron chi connectivity index (χ0n) is 10.5. The third kappa shape index (κ3) is 3.67. The molecule has 0 bridgehead atoms. The minimum absolute atomic E-state index is 0.0528. The van der Waals surface area contributed by atoms with Gasteiger partial charge in [-0.05, 0) is 0 Å². The van der Waals surface area contributed by atoms with Crippen LogP contribution in [-0.4, -0.2) is 57.7 Å². The summed E-state index contributed by atoms with van der Waals surface area (Å²) >= 11 is 6.38. The van der Waals surface area contributed by atoms with Gasteiger partial charge in [-0.15, -0.1) is 22.9 Å². The molecule has 1 aromatic heterocycles. The lowest BCUT2D eigenvalue weighted by molar-refractivity contribution is -0.129. The third-order valence-corrected chi connectivity index (χ3v) is 3.37. The number of rotatable bonds is 5. The Hall–Kier alpha value is -2.20. The summed E-state index contributed by atoms with van der Waals surface area (Å²) < 4.78 is 0. The van der Waals surface area contributed by atoms with Crippen molar-refractivity contribution in [1.29, 1.82) is 0 Å². The number of urea groups is 1. The number of nitrogens with zero attached hydrogens (tertiary/aromatic N) is 3. The van der Waals surface area contributed by atoms with Crippen molar-refractivity contribution in [2.45, 2.75) is 0 Å². The van der Waals surface area contributed by atoms with E-state index in [0.717, 1.165) is 16.3 Å². The van der Waals surface area contributed by atoms with Gasteiger partial charge in [0.05, 0.1) is 6.54 Å². The van der Waals surface area contributed by atoms with Gasteiger partial charge in [0.15, 0.2) is 10.8 Å². The molecule has 0 atom stereocenters. The highest BCUT2D eigenvalue weighted by Crippen LogP contribution is 2.17. The van der Waals surface area contributed by atoms with Crippen molar-refractivity contribution in [3.05, 3.63) is 11.1 Å². The summed E-state index contributed by atoms with van der Waals surface area (Å²) in [4.78, 5) is 37.7. The maximum absolute atomic E-state index is 11.4. The maximum Gasteiger partial charge on any atom is 0.358 e. The van der Waals surface area contributed by atoms with Gasteiger partial charge in [-0.2, -0.15) is 5.10 Å². The van der Waals surface area contributed by atoms with E-state index in [2.05, 4.69) is 20.7 Å². The number of aromatic nitrogens is 1. The zero-order valence-corrected chi connectivity index (χ0v) is 12.1. The van der Waals surface area contributed by atoms with Crippen LogP contribution in [0.5, 0.6) is 0 Å². The van der Waals surface area contributed by atoms with Crippen molar-refractivity contribution in [2.24, 2.45) is 5.10 Å². The first kappa shape index (κ1) is 15.2. The summed E-state index contributed by atoms with van der Waals surface area (Å²) in [5, 5.41) is 20.5. The van der Waals surface area contributed by atoms with Crippen LogP contribution in [0.15, 0.2) is 10.5 Å². The van der Waals surface area contributed by atoms with Gasteiger partial charge in [-0.3, -0.25) is 4.79 Å². The molecule has 0 radical (unpaired) electrons. The summed E-state index contributed by atoms with van der Waals surface area (Å²) in [7, 11) is 0. The van der Waals surface area contributed by atoms with Crippen LogP contribution in [0.1, 0.15) is 5.69 Å². The van der Waals surface area contributed by atoms with E-state index in [4.69, 9.17) is 11.6 Å². The molecule has 0 aliphatic carbocycles. The SMILES string of the molecule is O=C(CCl)Nc1nc(C(=NN2CCNC2=O)C(=O)O)cs1. The number of nitrogens with one attached hydrogen (secondary N) is 2. The van der Waals surface area contributed by atoms with Crippen molar-refractivity contribution in [3.63, 3.8) is 0 Å². The standard InChI is InChI=1S/C10H10ClN5O4S/c11-3-6(17)14-9-13-5(4-21-9)7(8(18)19)15-16-2-1-12-10(16)20/h4H,1-3H2,(H,12,20)(H,18,19)(H,13,14,17). The first-order valence-electron chi connectivity index (χ1n) is 5.70. The van der Waals surface area contributed by atoms with E-state index in [9.17, 15) is 19.5 Å². The Morgan fingerprint density at radius 3 is 2.95 bits per heavy atom. The summed E-state index contributed by atoms with van der Waals surface area (Å²) in [6.45, 7) is 0.666. The van der Waals surface area contributed by atoms with Crippen LogP contribution in [0.4, 0.5) is 9.93 Å². The number of aliphatic carboxylic acids is 1. The Kier molecular flexibility index (Phi) is 4.70. The molecule has 21 heavy (non-hydrogen) atoms. The number of halogens is 1. The van der Waals surface area contributed by atoms with Gasteiger partial charge in [0.1, 0.15) is 11.6 Å². The largest absolute Gasteiger partial charge is 0.476 e. The number of carboxylic acids is 1. The van der Waals surface area contributed by atoms with Gasteiger partial charge >= 0.3 is 12.0 Å². The van der Waals surface area contributed by atoms with Gasteiger partial charge in [0.2, 0.25) is 5.91 Å². The van der Waals surface area contributed by atoms with Crippen LogP contribution in [0.25, 0.3) is 0 Å². The minimum atomic E-state index is -1.32. The monoisotopic (exact) mass is 331 g/mol. The number of carboxylic acid groups (broad SMARTS) is 1. The molecule has 1 aliphatic heterocycles. The van der Waals surface area contributed by atoms with Crippen LogP contribution in [0.2, 0.25) is 0 Å². The molecular formula is C10H10ClN5O4S. The molecule has 9 nitrogen and oxygen atoms in total. The van der Waals surface area contributed by atoms with E-state index in [1.165, 1.54) is 5.38 Å². The van der Waals surface area contributed by atoms with Crippen LogP contribution in [0, 0.1) is 0 Å². The topological polar surface area (TPSA) is 124 Å². The van der Waals surface area contributed by atoms with E-state index in [1.54, 1.807) is 0 Å². The predicted octanol–water partition coefficient (Wildman–Crippen LogP) is 0.134. The van der Waals surface area contributed by atoms with E-state index < -0.39 is 17.9 Å². The molecule has 0 saturated carbocycles. The van der Waals surface area contributed by atoms with Gasteiger partial charge in [0.25, 0.3) is 0 Å². The summed E-state index contributed by atoms with van der Waals surface area (Å²) in [6.07, 6.45) is 0. The average molecular weight is 332 g/mol. The molecular weight excluding hydrogens is 322 g/mol. The number of carbonyl (C=O) groups is 3. The Balaban J connectivity index is 2.23. The number of amides is 3. The molecule has 1 saturated heterocycles. The fraction of sp³-hybridized carbons (Fsp3) is 0.300. The molecule has 1 aliphatic rings. The van der Waals surface area contributed by atoms with Gasteiger partial charge < -0.3 is 15.7 Å². The van der Waals surface area contributed by atoms with Crippen LogP contribution in [0.3, 0.4) is 0 Å². The van der Waals surface area contributed by atoms with Gasteiger partial charge in [0, 0.05) is 11.9 Å². The number of alkyl halides is 1. The lowest BCUT2D eigenvalue weighted by Gasteiger charge is -2.07. The lowest BCUT2D eigenvalue weighted by Crippen LogP contribution is -2.27. The third-order valence-electron chi connectivity index (χ3n) is 2.37. The normalized spacial score (nSPS) is 15.0. The maximum atomic E-state index is 11.4. The Labute approximate surface area is 127 Å². The molecule has 112 valence electrons. The number of hydrazone groups is 1. The highest BCUT2D eigenvalue weighted by molar-refractivity contribution is 7.14. The highest BCUT2D eigenvalue weighted by atomic mass is 35.5. The molecule has 1 fully saturated rings. The number of carbonyl (C=O) groups excluding carboxylic acids is 2. The fourth-order valence-corrected chi connectivity index (χ4v) is 2.25. The van der Waals surface area contributed by atoms with Crippen LogP contribution < -0.4 is 10.6 Å². The van der Waals surface area contributed by atoms with Crippen LogP contribution >= 0.6 is 22.9 Å². The predicted molar refractivity (Wildman–Crippen MR) is 75.7 cm³/mol. The first-order valence-corrected chi connectivity index (χ1v) is 7.11. The molecule has 0 spiro atoms. The molecule has 0 unspecified atom stereocenters. The molecule has 1 aromatic rings. The second-order valence-electron chi connectivity index (χ2n) is 3.83. The molecule has 2 rings (SSSR count). The number of thiazole rings is 1. The number of hydrogen-bond acceptors (Lipinski definition) is 6.